The monoisotopic (exact) mass is 302 g/mol. The van der Waals surface area contributed by atoms with Crippen LogP contribution in [-0.4, -0.2) is 46.2 Å². The Morgan fingerprint density at radius 2 is 2.21 bits per heavy atom. The number of carbonyl (C=O) groups excluding carboxylic acids is 1. The van der Waals surface area contributed by atoms with Crippen LogP contribution in [0.3, 0.4) is 0 Å². The smallest absolute Gasteiger partial charge is 0.305 e. The number of rotatable bonds is 8. The highest BCUT2D eigenvalue weighted by Gasteiger charge is 2.10. The van der Waals surface area contributed by atoms with Crippen LogP contribution >= 0.6 is 23.1 Å². The maximum absolute atomic E-state index is 11.7. The number of thiazole rings is 1. The number of aliphatic carboxylic acids is 1. The number of carbonyl (C=O) groups is 2. The van der Waals surface area contributed by atoms with Crippen molar-refractivity contribution < 1.29 is 14.7 Å². The molecule has 0 saturated heterocycles. The molecule has 0 bridgehead atoms. The van der Waals surface area contributed by atoms with E-state index in [1.165, 1.54) is 4.90 Å². The first-order valence-electron chi connectivity index (χ1n) is 5.93. The molecule has 0 aliphatic heterocycles. The first kappa shape index (κ1) is 16.0. The number of hydrogen-bond acceptors (Lipinski definition) is 5. The lowest BCUT2D eigenvalue weighted by Gasteiger charge is -2.15. The average Bonchev–Trinajstić information content (AvgIpc) is 2.77. The second-order valence-corrected chi connectivity index (χ2v) is 6.29. The SMILES string of the molecule is Cc1nc(CSCCC(=O)N(C)CCC(=O)O)cs1. The van der Waals surface area contributed by atoms with Crippen LogP contribution in [0.1, 0.15) is 23.5 Å². The van der Waals surface area contributed by atoms with E-state index in [1.807, 2.05) is 12.3 Å². The van der Waals surface area contributed by atoms with Gasteiger partial charge in [0.1, 0.15) is 0 Å². The van der Waals surface area contributed by atoms with Gasteiger partial charge in [-0.05, 0) is 6.92 Å². The van der Waals surface area contributed by atoms with E-state index in [1.54, 1.807) is 30.1 Å². The third-order valence-corrected chi connectivity index (χ3v) is 4.28. The molecule has 1 rings (SSSR count). The molecule has 0 aliphatic rings. The van der Waals surface area contributed by atoms with Crippen molar-refractivity contribution in [3.63, 3.8) is 0 Å². The molecule has 0 aromatic carbocycles. The van der Waals surface area contributed by atoms with Crippen LogP contribution in [0.5, 0.6) is 0 Å². The summed E-state index contributed by atoms with van der Waals surface area (Å²) in [6.07, 6.45) is 0.428. The number of aryl methyl sites for hydroxylation is 1. The zero-order valence-electron chi connectivity index (χ0n) is 11.1. The van der Waals surface area contributed by atoms with Crippen LogP contribution < -0.4 is 0 Å². The van der Waals surface area contributed by atoms with E-state index in [2.05, 4.69) is 4.98 Å². The van der Waals surface area contributed by atoms with Gasteiger partial charge in [-0.25, -0.2) is 4.98 Å². The third kappa shape index (κ3) is 6.58. The van der Waals surface area contributed by atoms with E-state index in [0.717, 1.165) is 22.2 Å². The maximum Gasteiger partial charge on any atom is 0.305 e. The molecule has 5 nitrogen and oxygen atoms in total. The highest BCUT2D eigenvalue weighted by atomic mass is 32.2. The minimum absolute atomic E-state index is 0.00646. The van der Waals surface area contributed by atoms with Gasteiger partial charge >= 0.3 is 5.97 Å². The Morgan fingerprint density at radius 3 is 2.79 bits per heavy atom. The normalized spacial score (nSPS) is 10.4. The highest BCUT2D eigenvalue weighted by Crippen LogP contribution is 2.15. The van der Waals surface area contributed by atoms with Gasteiger partial charge in [0.15, 0.2) is 0 Å². The number of amides is 1. The van der Waals surface area contributed by atoms with Gasteiger partial charge in [-0.15, -0.1) is 11.3 Å². The molecular weight excluding hydrogens is 284 g/mol. The van der Waals surface area contributed by atoms with Crippen LogP contribution in [0, 0.1) is 6.92 Å². The molecule has 19 heavy (non-hydrogen) atoms. The summed E-state index contributed by atoms with van der Waals surface area (Å²) in [4.78, 5) is 27.9. The number of carboxylic acid groups (broad SMARTS) is 1. The Bertz CT molecular complexity index is 434. The molecule has 1 heterocycles. The topological polar surface area (TPSA) is 70.5 Å². The van der Waals surface area contributed by atoms with E-state index in [0.29, 0.717) is 6.42 Å². The summed E-state index contributed by atoms with van der Waals surface area (Å²) in [7, 11) is 1.64. The molecule has 1 aromatic rings. The Balaban J connectivity index is 2.14. The van der Waals surface area contributed by atoms with Gasteiger partial charge in [0, 0.05) is 36.9 Å². The number of hydrogen-bond donors (Lipinski definition) is 1. The number of nitrogens with zero attached hydrogens (tertiary/aromatic N) is 2. The first-order valence-corrected chi connectivity index (χ1v) is 7.97. The predicted octanol–water partition coefficient (Wildman–Crippen LogP) is 2.01. The lowest BCUT2D eigenvalue weighted by Crippen LogP contribution is -2.29. The lowest BCUT2D eigenvalue weighted by atomic mass is 10.3. The van der Waals surface area contributed by atoms with E-state index < -0.39 is 5.97 Å². The largest absolute Gasteiger partial charge is 0.481 e. The molecule has 1 amide bonds. The lowest BCUT2D eigenvalue weighted by molar-refractivity contribution is -0.138. The summed E-state index contributed by atoms with van der Waals surface area (Å²) >= 11 is 3.30. The van der Waals surface area contributed by atoms with E-state index in [4.69, 9.17) is 5.11 Å². The first-order chi connectivity index (χ1) is 8.99. The van der Waals surface area contributed by atoms with Gasteiger partial charge in [-0.1, -0.05) is 0 Å². The molecule has 1 N–H and O–H groups in total. The zero-order valence-corrected chi connectivity index (χ0v) is 12.7. The number of carboxylic acids is 1. The Kier molecular flexibility index (Phi) is 6.86. The molecule has 0 saturated carbocycles. The van der Waals surface area contributed by atoms with Crippen LogP contribution in [0.2, 0.25) is 0 Å². The van der Waals surface area contributed by atoms with Crippen LogP contribution in [-0.2, 0) is 15.3 Å². The summed E-state index contributed by atoms with van der Waals surface area (Å²) in [5.74, 6) is 0.652. The fraction of sp³-hybridized carbons (Fsp3) is 0.583. The van der Waals surface area contributed by atoms with Crippen LogP contribution in [0.25, 0.3) is 0 Å². The molecule has 0 unspecified atom stereocenters. The summed E-state index contributed by atoms with van der Waals surface area (Å²) in [5.41, 5.74) is 1.05. The molecule has 0 aliphatic carbocycles. The van der Waals surface area contributed by atoms with Crippen molar-refractivity contribution >= 4 is 35.0 Å². The minimum atomic E-state index is -0.882. The minimum Gasteiger partial charge on any atom is -0.481 e. The molecule has 0 spiro atoms. The van der Waals surface area contributed by atoms with Crippen molar-refractivity contribution in [1.29, 1.82) is 0 Å². The second-order valence-electron chi connectivity index (χ2n) is 4.12. The van der Waals surface area contributed by atoms with Gasteiger partial charge < -0.3 is 10.0 Å². The number of thioether (sulfide) groups is 1. The predicted molar refractivity (Wildman–Crippen MR) is 77.5 cm³/mol. The molecule has 7 heteroatoms. The Morgan fingerprint density at radius 1 is 1.47 bits per heavy atom. The van der Waals surface area contributed by atoms with Crippen molar-refractivity contribution in [2.75, 3.05) is 19.3 Å². The van der Waals surface area contributed by atoms with Crippen molar-refractivity contribution in [2.45, 2.75) is 25.5 Å². The maximum atomic E-state index is 11.7. The second kappa shape index (κ2) is 8.16. The molecular formula is C12H18N2O3S2. The van der Waals surface area contributed by atoms with Gasteiger partial charge in [-0.3, -0.25) is 9.59 Å². The quantitative estimate of drug-likeness (QED) is 0.744. The summed E-state index contributed by atoms with van der Waals surface area (Å²) in [5, 5.41) is 11.6. The van der Waals surface area contributed by atoms with Crippen molar-refractivity contribution in [3.05, 3.63) is 16.1 Å². The molecule has 106 valence electrons. The molecule has 0 fully saturated rings. The van der Waals surface area contributed by atoms with Gasteiger partial charge in [0.05, 0.1) is 17.1 Å². The third-order valence-electron chi connectivity index (χ3n) is 2.46. The zero-order chi connectivity index (χ0) is 14.3. The van der Waals surface area contributed by atoms with Crippen LogP contribution in [0.15, 0.2) is 5.38 Å². The summed E-state index contributed by atoms with van der Waals surface area (Å²) < 4.78 is 0. The molecule has 1 aromatic heterocycles. The molecule has 0 atom stereocenters. The Hall–Kier alpha value is -1.08. The van der Waals surface area contributed by atoms with Gasteiger partial charge in [0.2, 0.25) is 5.91 Å². The van der Waals surface area contributed by atoms with Crippen LogP contribution in [0.4, 0.5) is 0 Å². The van der Waals surface area contributed by atoms with Crippen molar-refractivity contribution in [3.8, 4) is 0 Å². The van der Waals surface area contributed by atoms with Gasteiger partial charge in [-0.2, -0.15) is 11.8 Å². The summed E-state index contributed by atoms with van der Waals surface area (Å²) in [6.45, 7) is 2.24. The van der Waals surface area contributed by atoms with Gasteiger partial charge in [0.25, 0.3) is 0 Å². The molecule has 0 radical (unpaired) electrons. The fourth-order valence-corrected chi connectivity index (χ4v) is 2.93. The number of aromatic nitrogens is 1. The highest BCUT2D eigenvalue weighted by molar-refractivity contribution is 7.98. The summed E-state index contributed by atoms with van der Waals surface area (Å²) in [6, 6.07) is 0. The van der Waals surface area contributed by atoms with E-state index >= 15 is 0 Å². The standard InChI is InChI=1S/C12H18N2O3S2/c1-9-13-10(8-19-9)7-18-6-4-11(15)14(2)5-3-12(16)17/h8H,3-7H2,1-2H3,(H,16,17). The van der Waals surface area contributed by atoms with E-state index in [9.17, 15) is 9.59 Å². The Labute approximate surface area is 121 Å². The fourth-order valence-electron chi connectivity index (χ4n) is 1.39. The van der Waals surface area contributed by atoms with Crippen molar-refractivity contribution in [1.82, 2.24) is 9.88 Å². The average molecular weight is 302 g/mol. The van der Waals surface area contributed by atoms with Crippen molar-refractivity contribution in [2.24, 2.45) is 0 Å². The van der Waals surface area contributed by atoms with E-state index in [-0.39, 0.29) is 18.9 Å².